The van der Waals surface area contributed by atoms with Gasteiger partial charge in [-0.15, -0.1) is 0 Å². The van der Waals surface area contributed by atoms with Crippen molar-refractivity contribution in [2.45, 2.75) is 44.7 Å². The van der Waals surface area contributed by atoms with E-state index >= 15 is 0 Å². The number of nitrogens with one attached hydrogen (secondary N) is 1. The number of primary amides is 1. The first kappa shape index (κ1) is 18.8. The van der Waals surface area contributed by atoms with Crippen molar-refractivity contribution >= 4 is 18.1 Å². The molecule has 0 spiro atoms. The van der Waals surface area contributed by atoms with Gasteiger partial charge in [0.1, 0.15) is 0 Å². The predicted molar refractivity (Wildman–Crippen MR) is 88.0 cm³/mol. The largest absolute Gasteiger partial charge is 0.369 e. The van der Waals surface area contributed by atoms with Gasteiger partial charge >= 0.3 is 0 Å². The topological polar surface area (TPSA) is 115 Å². The maximum absolute atomic E-state index is 12.2. The van der Waals surface area contributed by atoms with E-state index in [9.17, 15) is 14.4 Å². The Kier molecular flexibility index (Phi) is 7.97. The third-order valence-corrected chi connectivity index (χ3v) is 3.71. The fourth-order valence-corrected chi connectivity index (χ4v) is 2.35. The molecular weight excluding hydrogens is 294 g/mol. The number of amides is 2. The van der Waals surface area contributed by atoms with Crippen LogP contribution in [0.15, 0.2) is 30.3 Å². The molecule has 1 rings (SSSR count). The molecule has 0 saturated heterocycles. The van der Waals surface area contributed by atoms with E-state index in [-0.39, 0.29) is 0 Å². The van der Waals surface area contributed by atoms with E-state index in [1.165, 1.54) is 0 Å². The van der Waals surface area contributed by atoms with E-state index in [4.69, 9.17) is 11.5 Å². The summed E-state index contributed by atoms with van der Waals surface area (Å²) in [5.74, 6) is -1.90. The van der Waals surface area contributed by atoms with E-state index < -0.39 is 29.8 Å². The van der Waals surface area contributed by atoms with Gasteiger partial charge in [0.25, 0.3) is 0 Å². The zero-order valence-electron chi connectivity index (χ0n) is 13.3. The van der Waals surface area contributed by atoms with Crippen molar-refractivity contribution in [1.82, 2.24) is 5.32 Å². The fraction of sp³-hybridized carbons (Fsp3) is 0.471. The summed E-state index contributed by atoms with van der Waals surface area (Å²) in [6, 6.07) is 7.38. The molecule has 1 aromatic rings. The molecule has 0 aliphatic rings. The van der Waals surface area contributed by atoms with Gasteiger partial charge in [0.15, 0.2) is 0 Å². The SMILES string of the molecule is CCCCC(C(N)=O)[C@H](N)C(=O)N[C@H]([C]=O)Cc1ccccc1. The third kappa shape index (κ3) is 6.20. The summed E-state index contributed by atoms with van der Waals surface area (Å²) in [5, 5.41) is 2.53. The Morgan fingerprint density at radius 2 is 1.91 bits per heavy atom. The normalized spacial score (nSPS) is 14.5. The number of hydrogen-bond donors (Lipinski definition) is 3. The Morgan fingerprint density at radius 1 is 1.26 bits per heavy atom. The van der Waals surface area contributed by atoms with Gasteiger partial charge in [-0.05, 0) is 12.0 Å². The molecule has 6 heteroatoms. The second-order valence-electron chi connectivity index (χ2n) is 5.55. The highest BCUT2D eigenvalue weighted by atomic mass is 16.2. The molecule has 2 amide bonds. The maximum atomic E-state index is 12.2. The highest BCUT2D eigenvalue weighted by Gasteiger charge is 2.30. The molecule has 0 aliphatic carbocycles. The van der Waals surface area contributed by atoms with E-state index in [0.717, 1.165) is 18.4 Å². The van der Waals surface area contributed by atoms with Crippen LogP contribution in [0, 0.1) is 5.92 Å². The lowest BCUT2D eigenvalue weighted by molar-refractivity contribution is -0.130. The minimum Gasteiger partial charge on any atom is -0.369 e. The molecule has 5 N–H and O–H groups in total. The standard InChI is InChI=1S/C17H24N3O3/c1-2-3-9-14(16(19)22)15(18)17(23)20-13(11-21)10-12-7-5-4-6-8-12/h4-8,13-15H,2-3,9-10,18H2,1H3,(H2,19,22)(H,20,23)/t13-,14?,15-/m0/s1. The maximum Gasteiger partial charge on any atom is 0.238 e. The van der Waals surface area contributed by atoms with Crippen molar-refractivity contribution < 1.29 is 14.4 Å². The molecule has 1 unspecified atom stereocenters. The Bertz CT molecular complexity index is 519. The highest BCUT2D eigenvalue weighted by molar-refractivity contribution is 5.90. The van der Waals surface area contributed by atoms with Crippen molar-refractivity contribution in [3.05, 3.63) is 35.9 Å². The molecule has 23 heavy (non-hydrogen) atoms. The average Bonchev–Trinajstić information content (AvgIpc) is 2.54. The van der Waals surface area contributed by atoms with Gasteiger partial charge in [0, 0.05) is 6.42 Å². The molecule has 3 atom stereocenters. The van der Waals surface area contributed by atoms with Crippen LogP contribution >= 0.6 is 0 Å². The van der Waals surface area contributed by atoms with Crippen LogP contribution in [0.1, 0.15) is 31.7 Å². The predicted octanol–water partition coefficient (Wildman–Crippen LogP) is 0.443. The lowest BCUT2D eigenvalue weighted by Gasteiger charge is -2.22. The Labute approximate surface area is 136 Å². The van der Waals surface area contributed by atoms with Crippen LogP contribution in [0.25, 0.3) is 0 Å². The minimum atomic E-state index is -1.06. The zero-order chi connectivity index (χ0) is 17.2. The molecule has 1 aromatic carbocycles. The van der Waals surface area contributed by atoms with Crippen LogP contribution in [-0.2, 0) is 20.8 Å². The van der Waals surface area contributed by atoms with Gasteiger partial charge < -0.3 is 16.8 Å². The Balaban J connectivity index is 2.66. The van der Waals surface area contributed by atoms with Crippen LogP contribution < -0.4 is 16.8 Å². The van der Waals surface area contributed by atoms with E-state index in [1.807, 2.05) is 37.3 Å². The van der Waals surface area contributed by atoms with Crippen molar-refractivity contribution in [2.75, 3.05) is 0 Å². The molecule has 0 aromatic heterocycles. The van der Waals surface area contributed by atoms with Crippen molar-refractivity contribution in [3.63, 3.8) is 0 Å². The molecule has 0 fully saturated rings. The van der Waals surface area contributed by atoms with Gasteiger partial charge in [0.2, 0.25) is 18.1 Å². The van der Waals surface area contributed by atoms with Crippen LogP contribution in [0.5, 0.6) is 0 Å². The monoisotopic (exact) mass is 318 g/mol. The lowest BCUT2D eigenvalue weighted by Crippen LogP contribution is -2.52. The number of unbranched alkanes of at least 4 members (excludes halogenated alkanes) is 1. The fourth-order valence-electron chi connectivity index (χ4n) is 2.35. The summed E-state index contributed by atoms with van der Waals surface area (Å²) in [6.07, 6.45) is 4.19. The van der Waals surface area contributed by atoms with Crippen LogP contribution in [0.4, 0.5) is 0 Å². The smallest absolute Gasteiger partial charge is 0.238 e. The van der Waals surface area contributed by atoms with E-state index in [0.29, 0.717) is 12.8 Å². The number of benzene rings is 1. The van der Waals surface area contributed by atoms with Crippen LogP contribution in [0.3, 0.4) is 0 Å². The summed E-state index contributed by atoms with van der Waals surface area (Å²) in [6.45, 7) is 1.97. The zero-order valence-corrected chi connectivity index (χ0v) is 13.3. The third-order valence-electron chi connectivity index (χ3n) is 3.71. The number of carbonyl (C=O) groups excluding carboxylic acids is 3. The lowest BCUT2D eigenvalue weighted by atomic mass is 9.92. The highest BCUT2D eigenvalue weighted by Crippen LogP contribution is 2.12. The molecule has 0 aliphatic heterocycles. The molecule has 1 radical (unpaired) electrons. The number of carbonyl (C=O) groups is 2. The summed E-state index contributed by atoms with van der Waals surface area (Å²) >= 11 is 0. The summed E-state index contributed by atoms with van der Waals surface area (Å²) in [4.78, 5) is 34.7. The van der Waals surface area contributed by atoms with Gasteiger partial charge in [-0.3, -0.25) is 14.4 Å². The van der Waals surface area contributed by atoms with Crippen molar-refractivity contribution in [2.24, 2.45) is 17.4 Å². The Hall–Kier alpha value is -2.21. The van der Waals surface area contributed by atoms with Crippen molar-refractivity contribution in [3.8, 4) is 0 Å². The first-order chi connectivity index (χ1) is 11.0. The van der Waals surface area contributed by atoms with Gasteiger partial charge in [0.05, 0.1) is 18.0 Å². The minimum absolute atomic E-state index is 0.318. The molecule has 125 valence electrons. The molecule has 0 heterocycles. The number of nitrogens with two attached hydrogens (primary N) is 2. The second-order valence-corrected chi connectivity index (χ2v) is 5.55. The average molecular weight is 318 g/mol. The van der Waals surface area contributed by atoms with E-state index in [2.05, 4.69) is 5.32 Å². The molecule has 6 nitrogen and oxygen atoms in total. The summed E-state index contributed by atoms with van der Waals surface area (Å²) in [7, 11) is 0. The summed E-state index contributed by atoms with van der Waals surface area (Å²) < 4.78 is 0. The summed E-state index contributed by atoms with van der Waals surface area (Å²) in [5.41, 5.74) is 12.1. The number of rotatable bonds is 10. The van der Waals surface area contributed by atoms with Gasteiger partial charge in [-0.2, -0.15) is 0 Å². The first-order valence-electron chi connectivity index (χ1n) is 7.76. The molecular formula is C17H24N3O3. The number of hydrogen-bond acceptors (Lipinski definition) is 4. The van der Waals surface area contributed by atoms with Crippen molar-refractivity contribution in [1.29, 1.82) is 0 Å². The van der Waals surface area contributed by atoms with Gasteiger partial charge in [-0.1, -0.05) is 50.1 Å². The van der Waals surface area contributed by atoms with Gasteiger partial charge in [-0.25, -0.2) is 0 Å². The first-order valence-corrected chi connectivity index (χ1v) is 7.76. The Morgan fingerprint density at radius 3 is 2.43 bits per heavy atom. The van der Waals surface area contributed by atoms with Crippen LogP contribution in [-0.4, -0.2) is 30.2 Å². The van der Waals surface area contributed by atoms with E-state index in [1.54, 1.807) is 6.29 Å². The van der Waals surface area contributed by atoms with Crippen LogP contribution in [0.2, 0.25) is 0 Å². The molecule has 0 bridgehead atoms. The second kappa shape index (κ2) is 9.74. The molecule has 0 saturated carbocycles. The quantitative estimate of drug-likeness (QED) is 0.580.